The highest BCUT2D eigenvalue weighted by Gasteiger charge is 2.24. The zero-order valence-corrected chi connectivity index (χ0v) is 14.9. The number of rotatable bonds is 6. The third-order valence-electron chi connectivity index (χ3n) is 4.13. The lowest BCUT2D eigenvalue weighted by atomic mass is 10.1. The number of nitrogens with one attached hydrogen (secondary N) is 1. The van der Waals surface area contributed by atoms with Crippen LogP contribution in [0, 0.1) is 11.6 Å². The summed E-state index contributed by atoms with van der Waals surface area (Å²) in [5.74, 6) is -2.47. The molecule has 3 rings (SSSR count). The molecule has 0 heterocycles. The number of carbonyl (C=O) groups is 1. The molecule has 26 heavy (non-hydrogen) atoms. The van der Waals surface area contributed by atoms with Crippen molar-refractivity contribution in [1.29, 1.82) is 0 Å². The number of nitrogens with zero attached hydrogens (tertiary/aromatic N) is 1. The van der Waals surface area contributed by atoms with Gasteiger partial charge in [0.25, 0.3) is 5.91 Å². The molecule has 2 aromatic rings. The summed E-state index contributed by atoms with van der Waals surface area (Å²) in [5, 5.41) is 2.87. The van der Waals surface area contributed by atoms with Gasteiger partial charge in [0.15, 0.2) is 11.6 Å². The summed E-state index contributed by atoms with van der Waals surface area (Å²) in [6.45, 7) is 0.0336. The molecular formula is C18H18F2N2O3S. The van der Waals surface area contributed by atoms with Crippen molar-refractivity contribution in [2.24, 2.45) is 0 Å². The molecule has 1 fully saturated rings. The van der Waals surface area contributed by atoms with Crippen LogP contribution in [0.1, 0.15) is 28.8 Å². The first kappa shape index (κ1) is 18.5. The van der Waals surface area contributed by atoms with E-state index in [0.717, 1.165) is 29.3 Å². The number of sulfonamides is 1. The van der Waals surface area contributed by atoms with Crippen molar-refractivity contribution >= 4 is 15.9 Å². The van der Waals surface area contributed by atoms with Gasteiger partial charge in [-0.15, -0.1) is 0 Å². The second kappa shape index (κ2) is 7.13. The zero-order valence-electron chi connectivity index (χ0n) is 14.1. The van der Waals surface area contributed by atoms with E-state index in [1.165, 1.54) is 7.05 Å². The van der Waals surface area contributed by atoms with Crippen molar-refractivity contribution in [2.45, 2.75) is 30.3 Å². The lowest BCUT2D eigenvalue weighted by molar-refractivity contribution is 0.0951. The normalized spacial score (nSPS) is 14.5. The Hall–Kier alpha value is -2.32. The number of hydrogen-bond donors (Lipinski definition) is 1. The summed E-state index contributed by atoms with van der Waals surface area (Å²) in [6, 6.07) is 9.31. The molecule has 8 heteroatoms. The molecule has 138 valence electrons. The predicted octanol–water partition coefficient (Wildman–Crippen LogP) is 2.68. The van der Waals surface area contributed by atoms with E-state index in [1.807, 2.05) is 0 Å². The highest BCUT2D eigenvalue weighted by atomic mass is 32.2. The van der Waals surface area contributed by atoms with Crippen LogP contribution in [0.3, 0.4) is 0 Å². The largest absolute Gasteiger partial charge is 0.349 e. The van der Waals surface area contributed by atoms with Gasteiger partial charge in [-0.05, 0) is 48.7 Å². The van der Waals surface area contributed by atoms with Gasteiger partial charge in [-0.3, -0.25) is 4.79 Å². The molecule has 1 amide bonds. The molecule has 0 bridgehead atoms. The molecule has 1 N–H and O–H groups in total. The van der Waals surface area contributed by atoms with Gasteiger partial charge in [0.05, 0.1) is 4.90 Å². The standard InChI is InChI=1S/C18H18F2N2O3S/c1-22(26(24,25)15-8-9-16(19)17(20)10-15)11-12-2-4-13(5-3-12)18(23)21-14-6-7-14/h2-5,8-10,14H,6-7,11H2,1H3,(H,21,23). The lowest BCUT2D eigenvalue weighted by Gasteiger charge is -2.17. The first-order valence-corrected chi connectivity index (χ1v) is 9.52. The van der Waals surface area contributed by atoms with Crippen LogP contribution < -0.4 is 5.32 Å². The molecule has 0 unspecified atom stereocenters. The van der Waals surface area contributed by atoms with Gasteiger partial charge in [0.1, 0.15) is 0 Å². The first-order chi connectivity index (χ1) is 12.3. The summed E-state index contributed by atoms with van der Waals surface area (Å²) in [6.07, 6.45) is 1.99. The van der Waals surface area contributed by atoms with Gasteiger partial charge in [0.2, 0.25) is 10.0 Å². The van der Waals surface area contributed by atoms with E-state index in [0.29, 0.717) is 17.2 Å². The Morgan fingerprint density at radius 3 is 2.35 bits per heavy atom. The minimum atomic E-state index is -3.96. The van der Waals surface area contributed by atoms with Crippen LogP contribution in [0.5, 0.6) is 0 Å². The highest BCUT2D eigenvalue weighted by molar-refractivity contribution is 7.89. The minimum Gasteiger partial charge on any atom is -0.349 e. The molecule has 1 aliphatic rings. The zero-order chi connectivity index (χ0) is 18.9. The summed E-state index contributed by atoms with van der Waals surface area (Å²) < 4.78 is 52.3. The van der Waals surface area contributed by atoms with Gasteiger partial charge >= 0.3 is 0 Å². The van der Waals surface area contributed by atoms with Crippen LogP contribution in [0.2, 0.25) is 0 Å². The average molecular weight is 380 g/mol. The van der Waals surface area contributed by atoms with Gasteiger partial charge < -0.3 is 5.32 Å². The molecule has 0 spiro atoms. The highest BCUT2D eigenvalue weighted by Crippen LogP contribution is 2.21. The van der Waals surface area contributed by atoms with Gasteiger partial charge in [-0.1, -0.05) is 12.1 Å². The number of halogens is 2. The molecule has 0 atom stereocenters. The molecule has 5 nitrogen and oxygen atoms in total. The summed E-state index contributed by atoms with van der Waals surface area (Å²) in [7, 11) is -2.61. The molecular weight excluding hydrogens is 362 g/mol. The van der Waals surface area contributed by atoms with Gasteiger partial charge in [0, 0.05) is 25.2 Å². The quantitative estimate of drug-likeness (QED) is 0.838. The smallest absolute Gasteiger partial charge is 0.251 e. The van der Waals surface area contributed by atoms with Crippen LogP contribution >= 0.6 is 0 Å². The van der Waals surface area contributed by atoms with Gasteiger partial charge in [-0.2, -0.15) is 4.31 Å². The number of amides is 1. The fourth-order valence-corrected chi connectivity index (χ4v) is 3.59. The van der Waals surface area contributed by atoms with Crippen molar-refractivity contribution in [3.63, 3.8) is 0 Å². The third kappa shape index (κ3) is 4.08. The molecule has 0 saturated heterocycles. The summed E-state index contributed by atoms with van der Waals surface area (Å²) in [4.78, 5) is 11.6. The molecule has 1 saturated carbocycles. The molecule has 0 aromatic heterocycles. The molecule has 0 radical (unpaired) electrons. The summed E-state index contributed by atoms with van der Waals surface area (Å²) >= 11 is 0. The maximum atomic E-state index is 13.3. The van der Waals surface area contributed by atoms with E-state index in [1.54, 1.807) is 24.3 Å². The van der Waals surface area contributed by atoms with Crippen molar-refractivity contribution in [1.82, 2.24) is 9.62 Å². The Labute approximate surface area is 150 Å². The monoisotopic (exact) mass is 380 g/mol. The van der Waals surface area contributed by atoms with E-state index in [2.05, 4.69) is 5.32 Å². The number of benzene rings is 2. The van der Waals surface area contributed by atoms with E-state index in [-0.39, 0.29) is 23.4 Å². The Bertz CT molecular complexity index is 926. The molecule has 0 aliphatic heterocycles. The predicted molar refractivity (Wildman–Crippen MR) is 91.9 cm³/mol. The van der Waals surface area contributed by atoms with Crippen molar-refractivity contribution < 1.29 is 22.0 Å². The van der Waals surface area contributed by atoms with E-state index >= 15 is 0 Å². The number of hydrogen-bond acceptors (Lipinski definition) is 3. The topological polar surface area (TPSA) is 66.5 Å². The Morgan fingerprint density at radius 1 is 1.12 bits per heavy atom. The Kier molecular flexibility index (Phi) is 5.06. The fraction of sp³-hybridized carbons (Fsp3) is 0.278. The van der Waals surface area contributed by atoms with Crippen LogP contribution in [0.25, 0.3) is 0 Å². The van der Waals surface area contributed by atoms with E-state index < -0.39 is 21.7 Å². The SMILES string of the molecule is CN(Cc1ccc(C(=O)NC2CC2)cc1)S(=O)(=O)c1ccc(F)c(F)c1. The molecule has 2 aromatic carbocycles. The van der Waals surface area contributed by atoms with Crippen molar-refractivity contribution in [3.8, 4) is 0 Å². The lowest BCUT2D eigenvalue weighted by Crippen LogP contribution is -2.27. The minimum absolute atomic E-state index is 0.0336. The van der Waals surface area contributed by atoms with Crippen LogP contribution in [-0.2, 0) is 16.6 Å². The third-order valence-corrected chi connectivity index (χ3v) is 5.93. The maximum absolute atomic E-state index is 13.3. The number of carbonyl (C=O) groups excluding carboxylic acids is 1. The molecule has 1 aliphatic carbocycles. The second-order valence-electron chi connectivity index (χ2n) is 6.28. The van der Waals surface area contributed by atoms with E-state index in [9.17, 15) is 22.0 Å². The van der Waals surface area contributed by atoms with Crippen molar-refractivity contribution in [2.75, 3.05) is 7.05 Å². The van der Waals surface area contributed by atoms with Gasteiger partial charge in [-0.25, -0.2) is 17.2 Å². The Balaban J connectivity index is 1.70. The maximum Gasteiger partial charge on any atom is 0.251 e. The average Bonchev–Trinajstić information content (AvgIpc) is 3.41. The van der Waals surface area contributed by atoms with Crippen LogP contribution in [0.15, 0.2) is 47.4 Å². The van der Waals surface area contributed by atoms with E-state index in [4.69, 9.17) is 0 Å². The van der Waals surface area contributed by atoms with Crippen LogP contribution in [0.4, 0.5) is 8.78 Å². The van der Waals surface area contributed by atoms with Crippen LogP contribution in [-0.4, -0.2) is 31.7 Å². The van der Waals surface area contributed by atoms with Crippen molar-refractivity contribution in [3.05, 3.63) is 65.2 Å². The second-order valence-corrected chi connectivity index (χ2v) is 8.33. The first-order valence-electron chi connectivity index (χ1n) is 8.08. The fourth-order valence-electron chi connectivity index (χ4n) is 2.42. The summed E-state index contributed by atoms with van der Waals surface area (Å²) in [5.41, 5.74) is 1.17. The Morgan fingerprint density at radius 2 is 1.77 bits per heavy atom.